The second-order valence-electron chi connectivity index (χ2n) is 7.62. The van der Waals surface area contributed by atoms with Gasteiger partial charge in [0.15, 0.2) is 0 Å². The molecule has 2 amide bonds. The van der Waals surface area contributed by atoms with Gasteiger partial charge in [-0.05, 0) is 45.4 Å². The highest BCUT2D eigenvalue weighted by Crippen LogP contribution is 2.29. The molecule has 0 aromatic rings. The van der Waals surface area contributed by atoms with Gasteiger partial charge in [-0.1, -0.05) is 12.8 Å². The predicted molar refractivity (Wildman–Crippen MR) is 89.9 cm³/mol. The van der Waals surface area contributed by atoms with Crippen LogP contribution in [0.5, 0.6) is 0 Å². The maximum absolute atomic E-state index is 12.7. The van der Waals surface area contributed by atoms with Crippen molar-refractivity contribution in [2.45, 2.75) is 70.4 Å². The number of hydrogen-bond acceptors (Lipinski definition) is 3. The molecule has 0 aromatic heterocycles. The van der Waals surface area contributed by atoms with Gasteiger partial charge in [0, 0.05) is 43.6 Å². The second kappa shape index (κ2) is 7.65. The van der Waals surface area contributed by atoms with Crippen LogP contribution in [-0.4, -0.2) is 48.4 Å². The van der Waals surface area contributed by atoms with E-state index in [0.717, 1.165) is 58.2 Å². The first-order valence-electron chi connectivity index (χ1n) is 9.46. The fourth-order valence-electron chi connectivity index (χ4n) is 4.39. The van der Waals surface area contributed by atoms with Crippen LogP contribution in [0, 0.1) is 11.8 Å². The first-order valence-corrected chi connectivity index (χ1v) is 9.46. The van der Waals surface area contributed by atoms with Crippen molar-refractivity contribution < 1.29 is 9.59 Å². The van der Waals surface area contributed by atoms with Gasteiger partial charge in [-0.2, -0.15) is 0 Å². The molecule has 0 aromatic carbocycles. The van der Waals surface area contributed by atoms with Crippen LogP contribution in [0.15, 0.2) is 0 Å². The van der Waals surface area contributed by atoms with Crippen LogP contribution >= 0.6 is 0 Å². The van der Waals surface area contributed by atoms with Gasteiger partial charge in [-0.3, -0.25) is 9.59 Å². The van der Waals surface area contributed by atoms with Crippen LogP contribution in [0.25, 0.3) is 0 Å². The SMILES string of the molecule is C[C@@H]1CNCCN1C(=O)C1CCC(NC(=O)C2CCCC2)CC1. The summed E-state index contributed by atoms with van der Waals surface area (Å²) in [7, 11) is 0. The third-order valence-corrected chi connectivity index (χ3v) is 5.93. The molecule has 5 nitrogen and oxygen atoms in total. The number of amides is 2. The molecule has 0 unspecified atom stereocenters. The first kappa shape index (κ1) is 16.7. The van der Waals surface area contributed by atoms with Gasteiger partial charge >= 0.3 is 0 Å². The van der Waals surface area contributed by atoms with E-state index in [-0.39, 0.29) is 23.8 Å². The summed E-state index contributed by atoms with van der Waals surface area (Å²) in [5.74, 6) is 0.999. The van der Waals surface area contributed by atoms with Crippen molar-refractivity contribution in [2.75, 3.05) is 19.6 Å². The molecule has 3 aliphatic rings. The molecule has 2 saturated carbocycles. The molecule has 1 heterocycles. The zero-order chi connectivity index (χ0) is 16.2. The number of piperazine rings is 1. The summed E-state index contributed by atoms with van der Waals surface area (Å²) in [5.41, 5.74) is 0. The van der Waals surface area contributed by atoms with E-state index in [1.807, 2.05) is 0 Å². The predicted octanol–water partition coefficient (Wildman–Crippen LogP) is 1.67. The van der Waals surface area contributed by atoms with Crippen LogP contribution in [-0.2, 0) is 9.59 Å². The third kappa shape index (κ3) is 4.06. The minimum atomic E-state index is 0.162. The first-order chi connectivity index (χ1) is 11.1. The van der Waals surface area contributed by atoms with E-state index in [1.165, 1.54) is 12.8 Å². The molecule has 2 N–H and O–H groups in total. The molecule has 0 radical (unpaired) electrons. The van der Waals surface area contributed by atoms with Crippen LogP contribution in [0.4, 0.5) is 0 Å². The average Bonchev–Trinajstić information content (AvgIpc) is 3.10. The molecule has 5 heteroatoms. The normalized spacial score (nSPS) is 32.7. The number of hydrogen-bond donors (Lipinski definition) is 2. The summed E-state index contributed by atoms with van der Waals surface area (Å²) in [6.45, 7) is 4.76. The molecule has 0 spiro atoms. The van der Waals surface area contributed by atoms with E-state index in [1.54, 1.807) is 0 Å². The fourth-order valence-corrected chi connectivity index (χ4v) is 4.39. The highest BCUT2D eigenvalue weighted by atomic mass is 16.2. The maximum Gasteiger partial charge on any atom is 0.226 e. The largest absolute Gasteiger partial charge is 0.353 e. The number of nitrogens with one attached hydrogen (secondary N) is 2. The van der Waals surface area contributed by atoms with Crippen molar-refractivity contribution in [3.8, 4) is 0 Å². The Hall–Kier alpha value is -1.10. The molecular weight excluding hydrogens is 290 g/mol. The smallest absolute Gasteiger partial charge is 0.226 e. The van der Waals surface area contributed by atoms with Gasteiger partial charge in [0.1, 0.15) is 0 Å². The van der Waals surface area contributed by atoms with Crippen molar-refractivity contribution in [3.05, 3.63) is 0 Å². The lowest BCUT2D eigenvalue weighted by Crippen LogP contribution is -2.54. The quantitative estimate of drug-likeness (QED) is 0.831. The summed E-state index contributed by atoms with van der Waals surface area (Å²) in [5, 5.41) is 6.57. The lowest BCUT2D eigenvalue weighted by atomic mass is 9.84. The minimum Gasteiger partial charge on any atom is -0.353 e. The highest BCUT2D eigenvalue weighted by molar-refractivity contribution is 5.80. The Morgan fingerprint density at radius 2 is 1.70 bits per heavy atom. The molecule has 1 saturated heterocycles. The lowest BCUT2D eigenvalue weighted by Gasteiger charge is -2.38. The molecule has 1 atom stereocenters. The third-order valence-electron chi connectivity index (χ3n) is 5.93. The minimum absolute atomic E-state index is 0.162. The zero-order valence-corrected chi connectivity index (χ0v) is 14.4. The Bertz CT molecular complexity index is 426. The number of carbonyl (C=O) groups excluding carboxylic acids is 2. The molecule has 130 valence electrons. The topological polar surface area (TPSA) is 61.4 Å². The van der Waals surface area contributed by atoms with Crippen LogP contribution in [0.1, 0.15) is 58.3 Å². The number of nitrogens with zero attached hydrogens (tertiary/aromatic N) is 1. The van der Waals surface area contributed by atoms with Crippen LogP contribution in [0.3, 0.4) is 0 Å². The summed E-state index contributed by atoms with van der Waals surface area (Å²) < 4.78 is 0. The van der Waals surface area contributed by atoms with E-state index in [9.17, 15) is 9.59 Å². The van der Waals surface area contributed by atoms with Gasteiger partial charge in [0.25, 0.3) is 0 Å². The van der Waals surface area contributed by atoms with E-state index in [4.69, 9.17) is 0 Å². The standard InChI is InChI=1S/C18H31N3O2/c1-13-12-19-10-11-21(13)18(23)15-6-8-16(9-7-15)20-17(22)14-4-2-3-5-14/h13-16,19H,2-12H2,1H3,(H,20,22)/t13-,15?,16?/m1/s1. The average molecular weight is 321 g/mol. The van der Waals surface area contributed by atoms with E-state index in [2.05, 4.69) is 22.5 Å². The lowest BCUT2D eigenvalue weighted by molar-refractivity contribution is -0.139. The van der Waals surface area contributed by atoms with Crippen molar-refractivity contribution in [1.82, 2.24) is 15.5 Å². The fraction of sp³-hybridized carbons (Fsp3) is 0.889. The number of carbonyl (C=O) groups is 2. The Morgan fingerprint density at radius 3 is 2.35 bits per heavy atom. The van der Waals surface area contributed by atoms with Crippen molar-refractivity contribution in [3.63, 3.8) is 0 Å². The Balaban J connectivity index is 1.44. The van der Waals surface area contributed by atoms with E-state index in [0.29, 0.717) is 11.9 Å². The van der Waals surface area contributed by atoms with E-state index >= 15 is 0 Å². The number of rotatable bonds is 3. The Labute approximate surface area is 139 Å². The van der Waals surface area contributed by atoms with Crippen molar-refractivity contribution >= 4 is 11.8 Å². The zero-order valence-electron chi connectivity index (χ0n) is 14.4. The van der Waals surface area contributed by atoms with Gasteiger partial charge < -0.3 is 15.5 Å². The maximum atomic E-state index is 12.7. The summed E-state index contributed by atoms with van der Waals surface area (Å²) in [4.78, 5) is 27.0. The molecule has 3 fully saturated rings. The highest BCUT2D eigenvalue weighted by Gasteiger charge is 2.33. The summed E-state index contributed by atoms with van der Waals surface area (Å²) >= 11 is 0. The van der Waals surface area contributed by atoms with Crippen LogP contribution < -0.4 is 10.6 Å². The molecule has 23 heavy (non-hydrogen) atoms. The van der Waals surface area contributed by atoms with Crippen molar-refractivity contribution in [1.29, 1.82) is 0 Å². The van der Waals surface area contributed by atoms with Gasteiger partial charge in [0.2, 0.25) is 11.8 Å². The van der Waals surface area contributed by atoms with Gasteiger partial charge in [0.05, 0.1) is 0 Å². The Kier molecular flexibility index (Phi) is 5.57. The Morgan fingerprint density at radius 1 is 1.00 bits per heavy atom. The molecule has 1 aliphatic heterocycles. The molecule has 2 aliphatic carbocycles. The van der Waals surface area contributed by atoms with Gasteiger partial charge in [-0.15, -0.1) is 0 Å². The monoisotopic (exact) mass is 321 g/mol. The summed E-state index contributed by atoms with van der Waals surface area (Å²) in [6, 6.07) is 0.587. The second-order valence-corrected chi connectivity index (χ2v) is 7.62. The van der Waals surface area contributed by atoms with E-state index < -0.39 is 0 Å². The molecule has 0 bridgehead atoms. The molecule has 3 rings (SSSR count). The van der Waals surface area contributed by atoms with Gasteiger partial charge in [-0.25, -0.2) is 0 Å². The van der Waals surface area contributed by atoms with Crippen LogP contribution in [0.2, 0.25) is 0 Å². The molecular formula is C18H31N3O2. The summed E-state index contributed by atoms with van der Waals surface area (Å²) in [6.07, 6.45) is 8.26. The van der Waals surface area contributed by atoms with Crippen molar-refractivity contribution in [2.24, 2.45) is 11.8 Å².